The molecule has 0 atom stereocenters. The molecule has 152 valence electrons. The highest BCUT2D eigenvalue weighted by Gasteiger charge is 2.29. The zero-order valence-corrected chi connectivity index (χ0v) is 17.4. The van der Waals surface area contributed by atoms with Gasteiger partial charge in [-0.05, 0) is 24.6 Å². The molecule has 1 aromatic heterocycles. The molecular formula is C18H23N3O5S2. The summed E-state index contributed by atoms with van der Waals surface area (Å²) in [6, 6.07) is 4.59. The summed E-state index contributed by atoms with van der Waals surface area (Å²) in [6.07, 6.45) is 0.960. The molecule has 1 saturated heterocycles. The number of nitrogens with zero attached hydrogens (tertiary/aromatic N) is 2. The van der Waals surface area contributed by atoms with Crippen molar-refractivity contribution in [1.29, 1.82) is 0 Å². The van der Waals surface area contributed by atoms with Gasteiger partial charge in [0.15, 0.2) is 0 Å². The lowest BCUT2D eigenvalue weighted by atomic mass is 10.2. The smallest absolute Gasteiger partial charge is 0.246 e. The van der Waals surface area contributed by atoms with Crippen molar-refractivity contribution < 1.29 is 22.7 Å². The van der Waals surface area contributed by atoms with Crippen LogP contribution < -0.4 is 10.1 Å². The number of sulfonamides is 1. The van der Waals surface area contributed by atoms with Gasteiger partial charge in [-0.3, -0.25) is 4.79 Å². The van der Waals surface area contributed by atoms with E-state index in [9.17, 15) is 13.2 Å². The Morgan fingerprint density at radius 3 is 2.75 bits per heavy atom. The van der Waals surface area contributed by atoms with Crippen molar-refractivity contribution in [3.05, 3.63) is 34.3 Å². The molecule has 8 nitrogen and oxygen atoms in total. The fourth-order valence-electron chi connectivity index (χ4n) is 2.84. The second-order valence-corrected chi connectivity index (χ2v) is 9.04. The van der Waals surface area contributed by atoms with Crippen molar-refractivity contribution >= 4 is 33.0 Å². The summed E-state index contributed by atoms with van der Waals surface area (Å²) in [5.41, 5.74) is 1.10. The van der Waals surface area contributed by atoms with E-state index in [4.69, 9.17) is 9.47 Å². The highest BCUT2D eigenvalue weighted by molar-refractivity contribution is 7.89. The molecule has 1 amide bonds. The normalized spacial score (nSPS) is 15.4. The molecule has 1 aliphatic rings. The van der Waals surface area contributed by atoms with E-state index in [0.29, 0.717) is 24.6 Å². The monoisotopic (exact) mass is 425 g/mol. The summed E-state index contributed by atoms with van der Waals surface area (Å²) in [4.78, 5) is 16.7. The van der Waals surface area contributed by atoms with Gasteiger partial charge in [-0.25, -0.2) is 13.4 Å². The van der Waals surface area contributed by atoms with E-state index in [-0.39, 0.29) is 36.1 Å². The van der Waals surface area contributed by atoms with Gasteiger partial charge >= 0.3 is 0 Å². The average molecular weight is 426 g/mol. The Labute approximate surface area is 168 Å². The lowest BCUT2D eigenvalue weighted by Gasteiger charge is -2.26. The maximum Gasteiger partial charge on any atom is 0.246 e. The third kappa shape index (κ3) is 4.69. The van der Waals surface area contributed by atoms with Crippen molar-refractivity contribution in [3.8, 4) is 5.75 Å². The molecule has 1 fully saturated rings. The van der Waals surface area contributed by atoms with Gasteiger partial charge in [-0.1, -0.05) is 6.92 Å². The fourth-order valence-corrected chi connectivity index (χ4v) is 5.18. The summed E-state index contributed by atoms with van der Waals surface area (Å²) in [5, 5.41) is 5.59. The second kappa shape index (κ2) is 8.99. The number of thiazole rings is 1. The number of hydrogen-bond acceptors (Lipinski definition) is 7. The van der Waals surface area contributed by atoms with Crippen LogP contribution in [0.2, 0.25) is 0 Å². The molecule has 28 heavy (non-hydrogen) atoms. The molecule has 10 heteroatoms. The van der Waals surface area contributed by atoms with Crippen LogP contribution in [0.4, 0.5) is 5.69 Å². The van der Waals surface area contributed by atoms with Crippen LogP contribution in [0, 0.1) is 0 Å². The molecule has 1 aliphatic heterocycles. The number of nitrogens with one attached hydrogen (secondary N) is 1. The minimum absolute atomic E-state index is 0.0247. The summed E-state index contributed by atoms with van der Waals surface area (Å²) < 4.78 is 37.8. The summed E-state index contributed by atoms with van der Waals surface area (Å²) in [7, 11) is -2.34. The first-order valence-corrected chi connectivity index (χ1v) is 11.2. The molecule has 0 unspecified atom stereocenters. The number of hydrogen-bond donors (Lipinski definition) is 1. The number of aryl methyl sites for hydroxylation is 1. The van der Waals surface area contributed by atoms with Gasteiger partial charge in [-0.15, -0.1) is 11.3 Å². The Morgan fingerprint density at radius 2 is 2.11 bits per heavy atom. The Bertz CT molecular complexity index is 936. The lowest BCUT2D eigenvalue weighted by molar-refractivity contribution is -0.115. The van der Waals surface area contributed by atoms with Gasteiger partial charge in [0, 0.05) is 24.2 Å². The maximum absolute atomic E-state index is 13.0. The van der Waals surface area contributed by atoms with Crippen molar-refractivity contribution in [2.24, 2.45) is 0 Å². The van der Waals surface area contributed by atoms with Crippen molar-refractivity contribution in [2.75, 3.05) is 38.7 Å². The minimum Gasteiger partial charge on any atom is -0.495 e. The van der Waals surface area contributed by atoms with E-state index < -0.39 is 10.0 Å². The highest BCUT2D eigenvalue weighted by atomic mass is 32.2. The van der Waals surface area contributed by atoms with Crippen LogP contribution >= 0.6 is 11.3 Å². The van der Waals surface area contributed by atoms with Crippen LogP contribution in [0.25, 0.3) is 0 Å². The number of carbonyl (C=O) groups excluding carboxylic acids is 1. The molecule has 0 saturated carbocycles. The number of methoxy groups -OCH3 is 1. The molecule has 1 N–H and O–H groups in total. The number of anilines is 1. The van der Waals surface area contributed by atoms with Gasteiger partial charge in [0.2, 0.25) is 15.9 Å². The first-order valence-electron chi connectivity index (χ1n) is 8.93. The molecule has 0 aliphatic carbocycles. The van der Waals surface area contributed by atoms with Crippen LogP contribution in [-0.2, 0) is 32.4 Å². The highest BCUT2D eigenvalue weighted by Crippen LogP contribution is 2.30. The summed E-state index contributed by atoms with van der Waals surface area (Å²) >= 11 is 1.52. The molecule has 2 heterocycles. The number of amides is 1. The Kier molecular flexibility index (Phi) is 6.65. The quantitative estimate of drug-likeness (QED) is 0.728. The van der Waals surface area contributed by atoms with E-state index in [0.717, 1.165) is 11.4 Å². The summed E-state index contributed by atoms with van der Waals surface area (Å²) in [5.74, 6) is -0.0237. The standard InChI is InChI=1S/C18H23N3O5S2/c1-3-18-20-14(12-27-18)11-17(22)19-13-4-5-15(25-2)16(10-13)28(23,24)21-6-8-26-9-7-21/h4-5,10,12H,3,6-9,11H2,1-2H3,(H,19,22). The molecule has 0 spiro atoms. The van der Waals surface area contributed by atoms with E-state index in [1.807, 2.05) is 12.3 Å². The molecule has 3 rings (SSSR count). The summed E-state index contributed by atoms with van der Waals surface area (Å²) in [6.45, 7) is 3.28. The van der Waals surface area contributed by atoms with E-state index in [2.05, 4.69) is 10.3 Å². The van der Waals surface area contributed by atoms with Crippen LogP contribution in [-0.4, -0.2) is 57.0 Å². The number of benzene rings is 1. The van der Waals surface area contributed by atoms with Gasteiger partial charge in [0.05, 0.1) is 37.4 Å². The van der Waals surface area contributed by atoms with Gasteiger partial charge in [-0.2, -0.15) is 4.31 Å². The minimum atomic E-state index is -3.76. The third-order valence-electron chi connectivity index (χ3n) is 4.28. The van der Waals surface area contributed by atoms with E-state index in [1.165, 1.54) is 28.8 Å². The topological polar surface area (TPSA) is 97.8 Å². The van der Waals surface area contributed by atoms with Crippen LogP contribution in [0.3, 0.4) is 0 Å². The first-order chi connectivity index (χ1) is 13.4. The maximum atomic E-state index is 13.0. The zero-order chi connectivity index (χ0) is 20.1. The van der Waals surface area contributed by atoms with E-state index >= 15 is 0 Å². The molecule has 0 bridgehead atoms. The number of aromatic nitrogens is 1. The molecule has 2 aromatic rings. The molecule has 1 aromatic carbocycles. The van der Waals surface area contributed by atoms with Gasteiger partial charge in [0.1, 0.15) is 10.6 Å². The average Bonchev–Trinajstić information content (AvgIpc) is 3.16. The Morgan fingerprint density at radius 1 is 1.36 bits per heavy atom. The fraction of sp³-hybridized carbons (Fsp3) is 0.444. The Balaban J connectivity index is 1.79. The number of rotatable bonds is 7. The molecular weight excluding hydrogens is 402 g/mol. The van der Waals surface area contributed by atoms with Crippen LogP contribution in [0.5, 0.6) is 5.75 Å². The van der Waals surface area contributed by atoms with Gasteiger partial charge in [0.25, 0.3) is 0 Å². The van der Waals surface area contributed by atoms with E-state index in [1.54, 1.807) is 12.1 Å². The predicted octanol–water partition coefficient (Wildman–Crippen LogP) is 1.92. The van der Waals surface area contributed by atoms with Crippen molar-refractivity contribution in [2.45, 2.75) is 24.7 Å². The second-order valence-electron chi connectivity index (χ2n) is 6.19. The number of ether oxygens (including phenoxy) is 2. The number of carbonyl (C=O) groups is 1. The van der Waals surface area contributed by atoms with Gasteiger partial charge < -0.3 is 14.8 Å². The van der Waals surface area contributed by atoms with Crippen molar-refractivity contribution in [1.82, 2.24) is 9.29 Å². The first kappa shape index (κ1) is 20.7. The van der Waals surface area contributed by atoms with Crippen molar-refractivity contribution in [3.63, 3.8) is 0 Å². The SMILES string of the molecule is CCc1nc(CC(=O)Nc2ccc(OC)c(S(=O)(=O)N3CCOCC3)c2)cs1. The van der Waals surface area contributed by atoms with Crippen LogP contribution in [0.1, 0.15) is 17.6 Å². The predicted molar refractivity (Wildman–Crippen MR) is 106 cm³/mol. The Hall–Kier alpha value is -2.01. The largest absolute Gasteiger partial charge is 0.495 e. The zero-order valence-electron chi connectivity index (χ0n) is 15.8. The number of morpholine rings is 1. The molecule has 0 radical (unpaired) electrons. The lowest BCUT2D eigenvalue weighted by Crippen LogP contribution is -2.40. The van der Waals surface area contributed by atoms with Crippen LogP contribution in [0.15, 0.2) is 28.5 Å². The third-order valence-corrected chi connectivity index (χ3v) is 7.24.